The summed E-state index contributed by atoms with van der Waals surface area (Å²) < 4.78 is 28.2. The second-order valence-corrected chi connectivity index (χ2v) is 4.24. The van der Waals surface area contributed by atoms with E-state index in [0.717, 1.165) is 28.6 Å². The summed E-state index contributed by atoms with van der Waals surface area (Å²) in [7, 11) is 0. The number of thiol groups is 1. The van der Waals surface area contributed by atoms with Crippen LogP contribution in [0.3, 0.4) is 0 Å². The number of rotatable bonds is 5. The normalized spacial score (nSPS) is 10.7. The summed E-state index contributed by atoms with van der Waals surface area (Å²) in [6.07, 6.45) is 1.73. The molecule has 1 rings (SSSR count). The van der Waals surface area contributed by atoms with Crippen LogP contribution < -0.4 is 4.74 Å². The first-order valence-electron chi connectivity index (χ1n) is 4.46. The molecule has 15 heavy (non-hydrogen) atoms. The molecule has 0 heterocycles. The topological polar surface area (TPSA) is 9.23 Å². The van der Waals surface area contributed by atoms with Crippen LogP contribution in [0.5, 0.6) is 5.75 Å². The lowest BCUT2D eigenvalue weighted by Crippen LogP contribution is -2.02. The highest BCUT2D eigenvalue weighted by atomic mass is 79.9. The van der Waals surface area contributed by atoms with Gasteiger partial charge in [0.05, 0.1) is 0 Å². The lowest BCUT2D eigenvalue weighted by atomic mass is 10.1. The van der Waals surface area contributed by atoms with Crippen molar-refractivity contribution >= 4 is 28.6 Å². The predicted molar refractivity (Wildman–Crippen MR) is 62.4 cm³/mol. The van der Waals surface area contributed by atoms with E-state index in [4.69, 9.17) is 0 Å². The van der Waals surface area contributed by atoms with Crippen molar-refractivity contribution in [1.82, 2.24) is 0 Å². The minimum absolute atomic E-state index is 0.187. The highest BCUT2D eigenvalue weighted by Gasteiger charge is 2.06. The van der Waals surface area contributed by atoms with Crippen molar-refractivity contribution in [3.05, 3.63) is 23.8 Å². The summed E-state index contributed by atoms with van der Waals surface area (Å²) in [4.78, 5) is 0.803. The molecule has 0 aliphatic carbocycles. The van der Waals surface area contributed by atoms with Gasteiger partial charge in [0.1, 0.15) is 5.75 Å². The van der Waals surface area contributed by atoms with Crippen LogP contribution in [0.25, 0.3) is 0 Å². The third-order valence-corrected chi connectivity index (χ3v) is 2.85. The van der Waals surface area contributed by atoms with Crippen LogP contribution in [-0.2, 0) is 6.42 Å². The molecule has 0 saturated carbocycles. The maximum Gasteiger partial charge on any atom is 0.387 e. The van der Waals surface area contributed by atoms with Crippen molar-refractivity contribution in [1.29, 1.82) is 0 Å². The second-order valence-electron chi connectivity index (χ2n) is 2.96. The third kappa shape index (κ3) is 4.38. The van der Waals surface area contributed by atoms with Crippen molar-refractivity contribution < 1.29 is 13.5 Å². The summed E-state index contributed by atoms with van der Waals surface area (Å²) in [6, 6.07) is 4.77. The zero-order valence-electron chi connectivity index (χ0n) is 7.92. The summed E-state index contributed by atoms with van der Waals surface area (Å²) in [5, 5.41) is 0.875. The Labute approximate surface area is 101 Å². The summed E-state index contributed by atoms with van der Waals surface area (Å²) in [5.74, 6) is 0.187. The fourth-order valence-corrected chi connectivity index (χ4v) is 1.73. The molecule has 1 nitrogen and oxygen atoms in total. The Balaban J connectivity index is 2.75. The maximum absolute atomic E-state index is 12.0. The Kier molecular flexibility index (Phi) is 5.39. The van der Waals surface area contributed by atoms with Gasteiger partial charge >= 0.3 is 6.61 Å². The largest absolute Gasteiger partial charge is 0.435 e. The van der Waals surface area contributed by atoms with E-state index in [0.29, 0.717) is 0 Å². The molecule has 0 radical (unpaired) electrons. The van der Waals surface area contributed by atoms with E-state index in [9.17, 15) is 8.78 Å². The quantitative estimate of drug-likeness (QED) is 0.640. The molecule has 0 amide bonds. The van der Waals surface area contributed by atoms with Gasteiger partial charge in [0.2, 0.25) is 0 Å². The lowest BCUT2D eigenvalue weighted by molar-refractivity contribution is -0.0499. The average Bonchev–Trinajstić information content (AvgIpc) is 2.18. The van der Waals surface area contributed by atoms with Crippen LogP contribution in [0.15, 0.2) is 23.1 Å². The number of alkyl halides is 3. The number of hydrogen-bond donors (Lipinski definition) is 1. The van der Waals surface area contributed by atoms with Gasteiger partial charge in [0.15, 0.2) is 0 Å². The number of hydrogen-bond acceptors (Lipinski definition) is 2. The smallest absolute Gasteiger partial charge is 0.387 e. The molecule has 0 aliphatic heterocycles. The number of ether oxygens (including phenoxy) is 1. The SMILES string of the molecule is FC(F)Oc1ccc(S)c(CCCBr)c1. The standard InChI is InChI=1S/C10H11BrF2OS/c11-5-1-2-7-6-8(14-10(12)13)3-4-9(7)15/h3-4,6,10,15H,1-2,5H2. The van der Waals surface area contributed by atoms with Gasteiger partial charge in [-0.1, -0.05) is 15.9 Å². The van der Waals surface area contributed by atoms with Crippen LogP contribution in [-0.4, -0.2) is 11.9 Å². The molecular weight excluding hydrogens is 286 g/mol. The zero-order valence-corrected chi connectivity index (χ0v) is 10.4. The third-order valence-electron chi connectivity index (χ3n) is 1.86. The number of aryl methyl sites for hydroxylation is 1. The average molecular weight is 297 g/mol. The first-order valence-corrected chi connectivity index (χ1v) is 6.03. The molecule has 0 bridgehead atoms. The molecular formula is C10H11BrF2OS. The minimum Gasteiger partial charge on any atom is -0.435 e. The fraction of sp³-hybridized carbons (Fsp3) is 0.400. The van der Waals surface area contributed by atoms with Crippen LogP contribution in [0.2, 0.25) is 0 Å². The molecule has 1 aromatic rings. The number of benzene rings is 1. The van der Waals surface area contributed by atoms with Crippen LogP contribution in [0, 0.1) is 0 Å². The Bertz CT molecular complexity index is 320. The molecule has 0 spiro atoms. The summed E-state index contributed by atoms with van der Waals surface area (Å²) in [6.45, 7) is -2.78. The van der Waals surface area contributed by atoms with Crippen molar-refractivity contribution in [3.8, 4) is 5.75 Å². The van der Waals surface area contributed by atoms with Gasteiger partial charge in [-0.3, -0.25) is 0 Å². The molecule has 0 aromatic heterocycles. The van der Waals surface area contributed by atoms with E-state index >= 15 is 0 Å². The van der Waals surface area contributed by atoms with Gasteiger partial charge in [-0.25, -0.2) is 0 Å². The molecule has 5 heteroatoms. The van der Waals surface area contributed by atoms with Gasteiger partial charge in [-0.05, 0) is 36.6 Å². The fourth-order valence-electron chi connectivity index (χ4n) is 1.20. The van der Waals surface area contributed by atoms with Crippen LogP contribution >= 0.6 is 28.6 Å². The van der Waals surface area contributed by atoms with E-state index in [-0.39, 0.29) is 5.75 Å². The van der Waals surface area contributed by atoms with E-state index in [1.54, 1.807) is 12.1 Å². The van der Waals surface area contributed by atoms with Crippen molar-refractivity contribution in [3.63, 3.8) is 0 Å². The van der Waals surface area contributed by atoms with Crippen molar-refractivity contribution in [2.24, 2.45) is 0 Å². The van der Waals surface area contributed by atoms with Crippen molar-refractivity contribution in [2.75, 3.05) is 5.33 Å². The Morgan fingerprint density at radius 2 is 2.13 bits per heavy atom. The van der Waals surface area contributed by atoms with Crippen LogP contribution in [0.4, 0.5) is 8.78 Å². The monoisotopic (exact) mass is 296 g/mol. The highest BCUT2D eigenvalue weighted by Crippen LogP contribution is 2.23. The van der Waals surface area contributed by atoms with E-state index in [1.807, 2.05) is 0 Å². The van der Waals surface area contributed by atoms with Gasteiger partial charge in [-0.15, -0.1) is 12.6 Å². The summed E-state index contributed by atoms with van der Waals surface area (Å²) in [5.41, 5.74) is 0.927. The van der Waals surface area contributed by atoms with Gasteiger partial charge < -0.3 is 4.74 Å². The second kappa shape index (κ2) is 6.33. The lowest BCUT2D eigenvalue weighted by Gasteiger charge is -2.08. The minimum atomic E-state index is -2.78. The highest BCUT2D eigenvalue weighted by molar-refractivity contribution is 9.09. The molecule has 0 aliphatic rings. The first kappa shape index (κ1) is 12.8. The molecule has 84 valence electrons. The van der Waals surface area contributed by atoms with Gasteiger partial charge in [-0.2, -0.15) is 8.78 Å². The van der Waals surface area contributed by atoms with Gasteiger partial charge in [0.25, 0.3) is 0 Å². The zero-order chi connectivity index (χ0) is 11.3. The van der Waals surface area contributed by atoms with E-state index < -0.39 is 6.61 Å². The molecule has 0 N–H and O–H groups in total. The van der Waals surface area contributed by atoms with E-state index in [2.05, 4.69) is 33.3 Å². The van der Waals surface area contributed by atoms with E-state index in [1.165, 1.54) is 6.07 Å². The van der Waals surface area contributed by atoms with Crippen molar-refractivity contribution in [2.45, 2.75) is 24.3 Å². The molecule has 0 saturated heterocycles. The first-order chi connectivity index (χ1) is 7.13. The Morgan fingerprint density at radius 1 is 1.40 bits per heavy atom. The molecule has 0 unspecified atom stereocenters. The molecule has 0 atom stereocenters. The maximum atomic E-state index is 12.0. The Hall–Kier alpha value is -0.290. The number of halogens is 3. The summed E-state index contributed by atoms with van der Waals surface area (Å²) >= 11 is 7.56. The van der Waals surface area contributed by atoms with Crippen LogP contribution in [0.1, 0.15) is 12.0 Å². The van der Waals surface area contributed by atoms with Gasteiger partial charge in [0, 0.05) is 10.2 Å². The molecule has 0 fully saturated rings. The predicted octanol–water partition coefficient (Wildman–Crippen LogP) is 3.90. The Morgan fingerprint density at radius 3 is 2.73 bits per heavy atom. The molecule has 1 aromatic carbocycles.